The second kappa shape index (κ2) is 4.47. The van der Waals surface area contributed by atoms with Crippen molar-refractivity contribution < 1.29 is 4.79 Å². The first-order valence-electron chi connectivity index (χ1n) is 6.16. The number of halogens is 1. The number of carbonyl (C=O) groups is 1. The molecule has 0 atom stereocenters. The molecular weight excluding hydrogens is 266 g/mol. The zero-order chi connectivity index (χ0) is 13.5. The van der Waals surface area contributed by atoms with Gasteiger partial charge in [-0.1, -0.05) is 11.6 Å². The van der Waals surface area contributed by atoms with Gasteiger partial charge in [-0.25, -0.2) is 9.97 Å². The first-order valence-corrected chi connectivity index (χ1v) is 6.54. The van der Waals surface area contributed by atoms with Gasteiger partial charge in [0.05, 0.1) is 25.5 Å². The standard InChI is InChI=1S/C12H15ClN5O/c1-18(4-2-17(8-19)3-5-18)10-6-9-11(13)14-7-15-12(9)16-10/h6-8H,2-5H2,1H3,(H,14,15,16)/q+1. The van der Waals surface area contributed by atoms with Crippen molar-refractivity contribution in [3.8, 4) is 0 Å². The van der Waals surface area contributed by atoms with E-state index >= 15 is 0 Å². The maximum Gasteiger partial charge on any atom is 0.210 e. The minimum Gasteiger partial charge on any atom is -0.334 e. The van der Waals surface area contributed by atoms with E-state index in [9.17, 15) is 4.79 Å². The van der Waals surface area contributed by atoms with Crippen LogP contribution in [0.4, 0.5) is 5.82 Å². The summed E-state index contributed by atoms with van der Waals surface area (Å²) in [5.41, 5.74) is 0.757. The molecule has 3 heterocycles. The molecule has 3 rings (SSSR count). The Kier molecular flexibility index (Phi) is 2.91. The summed E-state index contributed by atoms with van der Waals surface area (Å²) in [6.45, 7) is 3.26. The Labute approximate surface area is 115 Å². The van der Waals surface area contributed by atoms with Crippen molar-refractivity contribution >= 4 is 34.9 Å². The third-order valence-electron chi connectivity index (χ3n) is 3.85. The number of quaternary nitrogens is 1. The summed E-state index contributed by atoms with van der Waals surface area (Å²) in [6, 6.07) is 2.01. The van der Waals surface area contributed by atoms with Gasteiger partial charge in [0.25, 0.3) is 0 Å². The highest BCUT2D eigenvalue weighted by molar-refractivity contribution is 6.34. The molecule has 1 aliphatic rings. The predicted octanol–water partition coefficient (Wildman–Crippen LogP) is 1.02. The normalized spacial score (nSPS) is 18.7. The third-order valence-corrected chi connectivity index (χ3v) is 4.16. The summed E-state index contributed by atoms with van der Waals surface area (Å²) in [6.07, 6.45) is 2.37. The van der Waals surface area contributed by atoms with Crippen LogP contribution in [0.3, 0.4) is 0 Å². The van der Waals surface area contributed by atoms with E-state index in [0.717, 1.165) is 53.9 Å². The SMILES string of the molecule is C[N+]1(c2cc3c(Cl)ncnc3[nH]2)CCN(C=O)CC1. The summed E-state index contributed by atoms with van der Waals surface area (Å²) in [5.74, 6) is 1.06. The van der Waals surface area contributed by atoms with E-state index < -0.39 is 0 Å². The molecule has 0 unspecified atom stereocenters. The summed E-state index contributed by atoms with van der Waals surface area (Å²) in [7, 11) is 2.15. The van der Waals surface area contributed by atoms with Crippen LogP contribution >= 0.6 is 11.6 Å². The van der Waals surface area contributed by atoms with Crippen LogP contribution in [0.15, 0.2) is 12.4 Å². The number of nitrogens with zero attached hydrogens (tertiary/aromatic N) is 4. The number of piperazine rings is 1. The number of aromatic amines is 1. The van der Waals surface area contributed by atoms with Crippen molar-refractivity contribution in [1.82, 2.24) is 24.3 Å². The van der Waals surface area contributed by atoms with E-state index in [-0.39, 0.29) is 0 Å². The van der Waals surface area contributed by atoms with Crippen molar-refractivity contribution in [3.05, 3.63) is 17.5 Å². The summed E-state index contributed by atoms with van der Waals surface area (Å²) in [5, 5.41) is 1.31. The smallest absolute Gasteiger partial charge is 0.210 e. The van der Waals surface area contributed by atoms with E-state index in [0.29, 0.717) is 5.15 Å². The Bertz CT molecular complexity index is 618. The molecule has 1 saturated heterocycles. The lowest BCUT2D eigenvalue weighted by Gasteiger charge is -2.39. The lowest BCUT2D eigenvalue weighted by Crippen LogP contribution is -2.58. The molecule has 7 heteroatoms. The van der Waals surface area contributed by atoms with Crippen molar-refractivity contribution in [2.24, 2.45) is 0 Å². The molecule has 0 aromatic carbocycles. The number of aromatic nitrogens is 3. The van der Waals surface area contributed by atoms with Crippen molar-refractivity contribution in [3.63, 3.8) is 0 Å². The number of amides is 1. The largest absolute Gasteiger partial charge is 0.334 e. The molecule has 1 N–H and O–H groups in total. The Morgan fingerprint density at radius 1 is 1.42 bits per heavy atom. The maximum absolute atomic E-state index is 10.8. The molecule has 2 aromatic rings. The maximum atomic E-state index is 10.8. The van der Waals surface area contributed by atoms with Gasteiger partial charge in [-0.2, -0.15) is 0 Å². The van der Waals surface area contributed by atoms with Crippen LogP contribution in [-0.2, 0) is 4.79 Å². The average molecular weight is 281 g/mol. The van der Waals surface area contributed by atoms with Gasteiger partial charge in [-0.15, -0.1) is 0 Å². The number of hydrogen-bond acceptors (Lipinski definition) is 3. The summed E-state index contributed by atoms with van der Waals surface area (Å²) < 4.78 is 0.747. The number of carbonyl (C=O) groups excluding carboxylic acids is 1. The lowest BCUT2D eigenvalue weighted by atomic mass is 10.2. The van der Waals surface area contributed by atoms with Crippen LogP contribution in [-0.4, -0.2) is 59.5 Å². The van der Waals surface area contributed by atoms with Gasteiger partial charge < -0.3 is 4.90 Å². The van der Waals surface area contributed by atoms with Crippen molar-refractivity contribution in [2.75, 3.05) is 33.2 Å². The summed E-state index contributed by atoms with van der Waals surface area (Å²) >= 11 is 6.07. The van der Waals surface area contributed by atoms with Gasteiger partial charge in [-0.3, -0.25) is 14.3 Å². The van der Waals surface area contributed by atoms with Gasteiger partial charge in [0.2, 0.25) is 12.2 Å². The minimum absolute atomic E-state index is 0.464. The second-order valence-electron chi connectivity index (χ2n) is 5.07. The number of nitrogens with one attached hydrogen (secondary N) is 1. The number of rotatable bonds is 2. The van der Waals surface area contributed by atoms with E-state index in [1.807, 2.05) is 6.07 Å². The molecule has 2 aromatic heterocycles. The van der Waals surface area contributed by atoms with Gasteiger partial charge >= 0.3 is 0 Å². The predicted molar refractivity (Wildman–Crippen MR) is 74.0 cm³/mol. The van der Waals surface area contributed by atoms with Crippen LogP contribution < -0.4 is 4.48 Å². The van der Waals surface area contributed by atoms with Gasteiger partial charge in [0.15, 0.2) is 0 Å². The molecule has 1 fully saturated rings. The van der Waals surface area contributed by atoms with Crippen LogP contribution in [0.5, 0.6) is 0 Å². The van der Waals surface area contributed by atoms with Crippen LogP contribution in [0.25, 0.3) is 11.0 Å². The fourth-order valence-electron chi connectivity index (χ4n) is 2.45. The highest BCUT2D eigenvalue weighted by Gasteiger charge is 2.32. The number of likely N-dealkylation sites (N-methyl/N-ethyl adjacent to an activating group) is 1. The first kappa shape index (κ1) is 12.4. The monoisotopic (exact) mass is 280 g/mol. The van der Waals surface area contributed by atoms with E-state index in [4.69, 9.17) is 11.6 Å². The minimum atomic E-state index is 0.464. The summed E-state index contributed by atoms with van der Waals surface area (Å²) in [4.78, 5) is 24.1. The number of hydrogen-bond donors (Lipinski definition) is 1. The van der Waals surface area contributed by atoms with Gasteiger partial charge in [-0.05, 0) is 0 Å². The van der Waals surface area contributed by atoms with E-state index in [1.54, 1.807) is 4.90 Å². The lowest BCUT2D eigenvalue weighted by molar-refractivity contribution is -0.119. The Morgan fingerprint density at radius 3 is 2.79 bits per heavy atom. The Balaban J connectivity index is 1.95. The second-order valence-corrected chi connectivity index (χ2v) is 5.42. The average Bonchev–Trinajstić information content (AvgIpc) is 2.86. The van der Waals surface area contributed by atoms with Crippen LogP contribution in [0.1, 0.15) is 0 Å². The molecule has 0 bridgehead atoms. The highest BCUT2D eigenvalue weighted by atomic mass is 35.5. The van der Waals surface area contributed by atoms with Gasteiger partial charge in [0.1, 0.15) is 30.2 Å². The highest BCUT2D eigenvalue weighted by Crippen LogP contribution is 2.28. The molecule has 0 radical (unpaired) electrons. The molecule has 100 valence electrons. The van der Waals surface area contributed by atoms with Crippen LogP contribution in [0, 0.1) is 0 Å². The van der Waals surface area contributed by atoms with Gasteiger partial charge in [0, 0.05) is 6.07 Å². The van der Waals surface area contributed by atoms with Crippen LogP contribution in [0.2, 0.25) is 5.15 Å². The third kappa shape index (κ3) is 2.06. The fourth-order valence-corrected chi connectivity index (χ4v) is 2.64. The topological polar surface area (TPSA) is 61.9 Å². The molecule has 19 heavy (non-hydrogen) atoms. The molecule has 1 aliphatic heterocycles. The molecule has 0 aliphatic carbocycles. The number of H-pyrrole nitrogens is 1. The molecule has 0 spiro atoms. The molecular formula is C12H15ClN5O+. The first-order chi connectivity index (χ1) is 9.12. The fraction of sp³-hybridized carbons (Fsp3) is 0.417. The van der Waals surface area contributed by atoms with E-state index in [1.165, 1.54) is 6.33 Å². The van der Waals surface area contributed by atoms with Crippen molar-refractivity contribution in [1.29, 1.82) is 0 Å². The molecule has 6 nitrogen and oxygen atoms in total. The van der Waals surface area contributed by atoms with E-state index in [2.05, 4.69) is 22.0 Å². The zero-order valence-electron chi connectivity index (χ0n) is 10.6. The molecule has 1 amide bonds. The Hall–Kier alpha value is -1.66. The van der Waals surface area contributed by atoms with Crippen molar-refractivity contribution in [2.45, 2.75) is 0 Å². The Morgan fingerprint density at radius 2 is 2.16 bits per heavy atom. The number of fused-ring (bicyclic) bond motifs is 1. The quantitative estimate of drug-likeness (QED) is 0.508. The molecule has 0 saturated carbocycles. The zero-order valence-corrected chi connectivity index (χ0v) is 11.4.